The summed E-state index contributed by atoms with van der Waals surface area (Å²) in [5.41, 5.74) is 8.79. The Labute approximate surface area is 199 Å². The zero-order valence-corrected chi connectivity index (χ0v) is 20.0. The highest BCUT2D eigenvalue weighted by Gasteiger charge is 2.32. The summed E-state index contributed by atoms with van der Waals surface area (Å²) < 4.78 is 1.79. The van der Waals surface area contributed by atoms with Crippen LogP contribution >= 0.6 is 0 Å². The minimum atomic E-state index is -0.282. The first-order valence-electron chi connectivity index (χ1n) is 12.1. The van der Waals surface area contributed by atoms with Gasteiger partial charge in [-0.3, -0.25) is 9.69 Å². The van der Waals surface area contributed by atoms with Crippen molar-refractivity contribution in [3.63, 3.8) is 0 Å². The van der Waals surface area contributed by atoms with Gasteiger partial charge in [0.2, 0.25) is 5.91 Å². The first kappa shape index (κ1) is 22.7. The van der Waals surface area contributed by atoms with Crippen LogP contribution in [-0.2, 0) is 17.8 Å². The standard InChI is InChI=1S/C23H34N10O/c1-16-19(26-15-25-16)14-31-7-5-17(6-8-31)18(23(24)34)13-22-28-27-20-3-4-21(29-33(20)22)32-11-9-30(2)10-12-32/h3-4,15,17-18H,5-14H2,1-2H3,(H2,24,34)(H,25,26). The summed E-state index contributed by atoms with van der Waals surface area (Å²) in [4.78, 5) is 27.0. The third kappa shape index (κ3) is 4.76. The van der Waals surface area contributed by atoms with E-state index in [0.717, 1.165) is 75.9 Å². The lowest BCUT2D eigenvalue weighted by atomic mass is 9.81. The van der Waals surface area contributed by atoms with E-state index in [2.05, 4.69) is 41.9 Å². The maximum Gasteiger partial charge on any atom is 0.221 e. The van der Waals surface area contributed by atoms with Crippen molar-refractivity contribution in [2.75, 3.05) is 51.2 Å². The fourth-order valence-electron chi connectivity index (χ4n) is 5.12. The first-order chi connectivity index (χ1) is 16.5. The van der Waals surface area contributed by atoms with Crippen molar-refractivity contribution < 1.29 is 4.79 Å². The van der Waals surface area contributed by atoms with Crippen LogP contribution in [0.1, 0.15) is 30.1 Å². The molecule has 2 fully saturated rings. The molecule has 34 heavy (non-hydrogen) atoms. The number of piperazine rings is 1. The third-order valence-corrected chi connectivity index (χ3v) is 7.42. The van der Waals surface area contributed by atoms with Crippen molar-refractivity contribution in [1.29, 1.82) is 0 Å². The second kappa shape index (κ2) is 9.67. The molecular formula is C23H34N10O. The van der Waals surface area contributed by atoms with Crippen LogP contribution in [0.25, 0.3) is 5.65 Å². The number of nitrogens with one attached hydrogen (secondary N) is 1. The SMILES string of the molecule is Cc1[nH]cnc1CN1CCC(C(Cc2nnc3ccc(N4CCN(C)CC4)nn23)C(N)=O)CC1. The number of rotatable bonds is 7. The highest BCUT2D eigenvalue weighted by atomic mass is 16.1. The van der Waals surface area contributed by atoms with Crippen molar-refractivity contribution in [2.24, 2.45) is 17.6 Å². The predicted molar refractivity (Wildman–Crippen MR) is 128 cm³/mol. The van der Waals surface area contributed by atoms with Crippen molar-refractivity contribution >= 4 is 17.4 Å². The fourth-order valence-corrected chi connectivity index (χ4v) is 5.12. The van der Waals surface area contributed by atoms with Gasteiger partial charge < -0.3 is 20.5 Å². The summed E-state index contributed by atoms with van der Waals surface area (Å²) in [5, 5.41) is 13.5. The van der Waals surface area contributed by atoms with Gasteiger partial charge in [-0.1, -0.05) is 0 Å². The van der Waals surface area contributed by atoms with Gasteiger partial charge in [-0.05, 0) is 58.0 Å². The zero-order chi connectivity index (χ0) is 23.7. The number of likely N-dealkylation sites (N-methyl/N-ethyl adjacent to an activating group) is 1. The van der Waals surface area contributed by atoms with E-state index in [1.54, 1.807) is 10.8 Å². The van der Waals surface area contributed by atoms with Gasteiger partial charge in [0.05, 0.1) is 12.0 Å². The maximum absolute atomic E-state index is 12.5. The van der Waals surface area contributed by atoms with Gasteiger partial charge in [-0.2, -0.15) is 4.52 Å². The Morgan fingerprint density at radius 1 is 1.15 bits per heavy atom. The number of aromatic nitrogens is 6. The number of anilines is 1. The lowest BCUT2D eigenvalue weighted by Gasteiger charge is -2.34. The number of aromatic amines is 1. The normalized spacial score (nSPS) is 19.6. The summed E-state index contributed by atoms with van der Waals surface area (Å²) in [6, 6.07) is 3.95. The number of piperidine rings is 1. The number of imidazole rings is 1. The molecule has 0 spiro atoms. The lowest BCUT2D eigenvalue weighted by Crippen LogP contribution is -2.45. The van der Waals surface area contributed by atoms with Crippen LogP contribution in [0.5, 0.6) is 0 Å². The van der Waals surface area contributed by atoms with E-state index >= 15 is 0 Å². The van der Waals surface area contributed by atoms with E-state index in [-0.39, 0.29) is 17.7 Å². The number of nitrogens with two attached hydrogens (primary N) is 1. The first-order valence-corrected chi connectivity index (χ1v) is 12.1. The monoisotopic (exact) mass is 466 g/mol. The molecule has 2 aliphatic heterocycles. The van der Waals surface area contributed by atoms with Crippen LogP contribution in [-0.4, -0.2) is 91.8 Å². The van der Waals surface area contributed by atoms with E-state index in [4.69, 9.17) is 10.8 Å². The second-order valence-corrected chi connectivity index (χ2v) is 9.67. The van der Waals surface area contributed by atoms with Gasteiger partial charge in [0.25, 0.3) is 0 Å². The minimum absolute atomic E-state index is 0.224. The van der Waals surface area contributed by atoms with Crippen molar-refractivity contribution in [3.05, 3.63) is 35.7 Å². The molecule has 0 saturated carbocycles. The molecule has 11 nitrogen and oxygen atoms in total. The lowest BCUT2D eigenvalue weighted by molar-refractivity contribution is -0.124. The highest BCUT2D eigenvalue weighted by Crippen LogP contribution is 2.28. The predicted octanol–water partition coefficient (Wildman–Crippen LogP) is 0.464. The highest BCUT2D eigenvalue weighted by molar-refractivity contribution is 5.77. The summed E-state index contributed by atoms with van der Waals surface area (Å²) in [7, 11) is 2.14. The number of fused-ring (bicyclic) bond motifs is 1. The van der Waals surface area contributed by atoms with E-state index < -0.39 is 0 Å². The van der Waals surface area contributed by atoms with Gasteiger partial charge in [0.1, 0.15) is 5.82 Å². The molecule has 3 aromatic rings. The molecule has 11 heteroatoms. The van der Waals surface area contributed by atoms with Crippen LogP contribution in [0.15, 0.2) is 18.5 Å². The molecule has 1 atom stereocenters. The zero-order valence-electron chi connectivity index (χ0n) is 20.0. The molecule has 3 N–H and O–H groups in total. The van der Waals surface area contributed by atoms with E-state index in [9.17, 15) is 4.79 Å². The molecule has 0 aromatic carbocycles. The Morgan fingerprint density at radius 2 is 1.91 bits per heavy atom. The number of hydrogen-bond acceptors (Lipinski definition) is 8. The largest absolute Gasteiger partial charge is 0.369 e. The van der Waals surface area contributed by atoms with Crippen LogP contribution in [0.2, 0.25) is 0 Å². The topological polar surface area (TPSA) is 125 Å². The molecule has 0 radical (unpaired) electrons. The van der Waals surface area contributed by atoms with Gasteiger partial charge in [0, 0.05) is 50.8 Å². The number of nitrogens with zero attached hydrogens (tertiary/aromatic N) is 8. The van der Waals surface area contributed by atoms with Crippen LogP contribution < -0.4 is 10.6 Å². The number of carbonyl (C=O) groups excluding carboxylic acids is 1. The second-order valence-electron chi connectivity index (χ2n) is 9.67. The molecule has 0 bridgehead atoms. The van der Waals surface area contributed by atoms with Gasteiger partial charge in [-0.15, -0.1) is 15.3 Å². The van der Waals surface area contributed by atoms with Crippen molar-refractivity contribution in [1.82, 2.24) is 39.6 Å². The van der Waals surface area contributed by atoms with Crippen molar-refractivity contribution in [2.45, 2.75) is 32.7 Å². The molecule has 0 aliphatic carbocycles. The number of amides is 1. The Kier molecular flexibility index (Phi) is 6.46. The molecule has 5 heterocycles. The Morgan fingerprint density at radius 3 is 2.59 bits per heavy atom. The number of H-pyrrole nitrogens is 1. The number of hydrogen-bond donors (Lipinski definition) is 2. The summed E-state index contributed by atoms with van der Waals surface area (Å²) in [6.45, 7) is 8.62. The summed E-state index contributed by atoms with van der Waals surface area (Å²) in [5.74, 6) is 1.29. The third-order valence-electron chi connectivity index (χ3n) is 7.42. The number of primary amides is 1. The Balaban J connectivity index is 1.27. The molecule has 2 aliphatic rings. The van der Waals surface area contributed by atoms with E-state index in [0.29, 0.717) is 17.9 Å². The molecule has 182 valence electrons. The average molecular weight is 467 g/mol. The molecule has 5 rings (SSSR count). The number of likely N-dealkylation sites (tertiary alicyclic amines) is 1. The fraction of sp³-hybridized carbons (Fsp3) is 0.609. The Bertz CT molecular complexity index is 1120. The number of carbonyl (C=O) groups is 1. The van der Waals surface area contributed by atoms with Crippen molar-refractivity contribution in [3.8, 4) is 0 Å². The molecule has 1 unspecified atom stereocenters. The van der Waals surface area contributed by atoms with Gasteiger partial charge in [-0.25, -0.2) is 4.98 Å². The smallest absolute Gasteiger partial charge is 0.221 e. The Hall–Kier alpha value is -3.05. The summed E-state index contributed by atoms with van der Waals surface area (Å²) >= 11 is 0. The quantitative estimate of drug-likeness (QED) is 0.515. The molecule has 3 aromatic heterocycles. The van der Waals surface area contributed by atoms with E-state index in [1.165, 1.54) is 0 Å². The molecule has 2 saturated heterocycles. The average Bonchev–Trinajstić information content (AvgIpc) is 3.43. The number of aryl methyl sites for hydroxylation is 1. The van der Waals surface area contributed by atoms with Crippen LogP contribution in [0, 0.1) is 18.8 Å². The summed E-state index contributed by atoms with van der Waals surface area (Å²) in [6.07, 6.45) is 4.05. The van der Waals surface area contributed by atoms with E-state index in [1.807, 2.05) is 19.1 Å². The molecule has 1 amide bonds. The van der Waals surface area contributed by atoms with Crippen LogP contribution in [0.4, 0.5) is 5.82 Å². The maximum atomic E-state index is 12.5. The minimum Gasteiger partial charge on any atom is -0.369 e. The molecular weight excluding hydrogens is 432 g/mol. The van der Waals surface area contributed by atoms with Gasteiger partial charge in [0.15, 0.2) is 11.5 Å². The van der Waals surface area contributed by atoms with Gasteiger partial charge >= 0.3 is 0 Å². The van der Waals surface area contributed by atoms with Crippen LogP contribution in [0.3, 0.4) is 0 Å².